The van der Waals surface area contributed by atoms with Crippen LogP contribution >= 0.6 is 11.6 Å². The van der Waals surface area contributed by atoms with E-state index in [1.165, 1.54) is 22.6 Å². The van der Waals surface area contributed by atoms with Crippen LogP contribution in [0.15, 0.2) is 47.5 Å². The average molecular weight is 491 g/mol. The highest BCUT2D eigenvalue weighted by molar-refractivity contribution is 7.89. The molecule has 2 aromatic carbocycles. The number of benzene rings is 2. The lowest BCUT2D eigenvalue weighted by Crippen LogP contribution is -2.40. The number of carboxylic acids is 1. The van der Waals surface area contributed by atoms with E-state index >= 15 is 0 Å². The molecule has 1 amide bonds. The van der Waals surface area contributed by atoms with Gasteiger partial charge in [-0.25, -0.2) is 13.2 Å². The SMILES string of the molecule is NC(=O)c1ccc(Nc2c(S(=O)(=O)N3CCOCC3)cnc3ccc(Cl)cc23)c(C(=O)O)c1. The van der Waals surface area contributed by atoms with Gasteiger partial charge in [-0.2, -0.15) is 4.31 Å². The van der Waals surface area contributed by atoms with Crippen molar-refractivity contribution >= 4 is 55.8 Å². The molecule has 0 bridgehead atoms. The summed E-state index contributed by atoms with van der Waals surface area (Å²) in [6.45, 7) is 0.852. The normalized spacial score (nSPS) is 14.8. The van der Waals surface area contributed by atoms with Crippen LogP contribution in [0.3, 0.4) is 0 Å². The predicted octanol–water partition coefficient (Wildman–Crippen LogP) is 2.45. The Morgan fingerprint density at radius 3 is 2.55 bits per heavy atom. The number of nitrogens with one attached hydrogen (secondary N) is 1. The van der Waals surface area contributed by atoms with Crippen LogP contribution in [0.4, 0.5) is 11.4 Å². The first-order valence-corrected chi connectivity index (χ1v) is 11.6. The number of primary amides is 1. The number of carbonyl (C=O) groups excluding carboxylic acids is 1. The fourth-order valence-corrected chi connectivity index (χ4v) is 5.20. The van der Waals surface area contributed by atoms with E-state index in [0.29, 0.717) is 15.9 Å². The van der Waals surface area contributed by atoms with Gasteiger partial charge in [-0.3, -0.25) is 9.78 Å². The zero-order chi connectivity index (χ0) is 23.8. The van der Waals surface area contributed by atoms with E-state index in [1.807, 2.05) is 0 Å². The molecule has 0 radical (unpaired) electrons. The smallest absolute Gasteiger partial charge is 0.337 e. The molecule has 0 atom stereocenters. The Kier molecular flexibility index (Phi) is 6.21. The van der Waals surface area contributed by atoms with Crippen molar-refractivity contribution < 1.29 is 27.9 Å². The summed E-state index contributed by atoms with van der Waals surface area (Å²) >= 11 is 6.17. The number of nitrogens with two attached hydrogens (primary N) is 1. The van der Waals surface area contributed by atoms with Crippen molar-refractivity contribution in [2.75, 3.05) is 31.6 Å². The highest BCUT2D eigenvalue weighted by Crippen LogP contribution is 2.36. The van der Waals surface area contributed by atoms with Gasteiger partial charge in [0, 0.05) is 35.3 Å². The molecule has 4 rings (SSSR count). The van der Waals surface area contributed by atoms with Crippen LogP contribution in [0, 0.1) is 0 Å². The molecule has 0 spiro atoms. The van der Waals surface area contributed by atoms with E-state index in [4.69, 9.17) is 22.1 Å². The minimum atomic E-state index is -4.01. The highest BCUT2D eigenvalue weighted by atomic mass is 35.5. The average Bonchev–Trinajstić information content (AvgIpc) is 2.79. The molecule has 0 saturated carbocycles. The number of aromatic carboxylic acids is 1. The third-order valence-corrected chi connectivity index (χ3v) is 7.32. The van der Waals surface area contributed by atoms with E-state index in [2.05, 4.69) is 10.3 Å². The summed E-state index contributed by atoms with van der Waals surface area (Å²) in [5.41, 5.74) is 5.65. The first kappa shape index (κ1) is 22.9. The van der Waals surface area contributed by atoms with E-state index < -0.39 is 21.9 Å². The minimum Gasteiger partial charge on any atom is -0.478 e. The van der Waals surface area contributed by atoms with Gasteiger partial charge in [-0.05, 0) is 36.4 Å². The van der Waals surface area contributed by atoms with Gasteiger partial charge in [0.15, 0.2) is 0 Å². The maximum absolute atomic E-state index is 13.5. The number of halogens is 1. The van der Waals surface area contributed by atoms with Crippen molar-refractivity contribution in [2.24, 2.45) is 5.73 Å². The summed E-state index contributed by atoms with van der Waals surface area (Å²) in [6, 6.07) is 8.61. The van der Waals surface area contributed by atoms with Gasteiger partial charge >= 0.3 is 5.97 Å². The number of nitrogens with zero attached hydrogens (tertiary/aromatic N) is 2. The molecule has 4 N–H and O–H groups in total. The standard InChI is InChI=1S/C21H19ClN4O6S/c22-13-2-4-16-14(10-13)19(18(11-24-16)33(30,31)26-5-7-32-8-6-26)25-17-3-1-12(20(23)27)9-15(17)21(28)29/h1-4,9-11H,5-8H2,(H2,23,27)(H,24,25)(H,28,29). The molecular weight excluding hydrogens is 472 g/mol. The second-order valence-electron chi connectivity index (χ2n) is 7.23. The monoisotopic (exact) mass is 490 g/mol. The first-order valence-electron chi connectivity index (χ1n) is 9.79. The predicted molar refractivity (Wildman–Crippen MR) is 122 cm³/mol. The third kappa shape index (κ3) is 4.48. The number of aromatic nitrogens is 1. The number of rotatable bonds is 6. The Balaban J connectivity index is 1.92. The van der Waals surface area contributed by atoms with Crippen molar-refractivity contribution in [3.8, 4) is 0 Å². The molecular formula is C21H19ClN4O6S. The largest absolute Gasteiger partial charge is 0.478 e. The molecule has 1 aromatic heterocycles. The molecule has 10 nitrogen and oxygen atoms in total. The number of carbonyl (C=O) groups is 2. The number of fused-ring (bicyclic) bond motifs is 1. The Morgan fingerprint density at radius 2 is 1.88 bits per heavy atom. The number of hydrogen-bond acceptors (Lipinski definition) is 7. The molecule has 172 valence electrons. The zero-order valence-electron chi connectivity index (χ0n) is 17.1. The van der Waals surface area contributed by atoms with Crippen LogP contribution in [0.5, 0.6) is 0 Å². The molecule has 2 heterocycles. The topological polar surface area (TPSA) is 152 Å². The summed E-state index contributed by atoms with van der Waals surface area (Å²) in [5, 5.41) is 13.3. The van der Waals surface area contributed by atoms with Crippen molar-refractivity contribution in [1.29, 1.82) is 0 Å². The molecule has 0 unspecified atom stereocenters. The number of amides is 1. The molecule has 3 aromatic rings. The van der Waals surface area contributed by atoms with Crippen molar-refractivity contribution in [3.05, 3.63) is 58.7 Å². The van der Waals surface area contributed by atoms with E-state index in [9.17, 15) is 23.1 Å². The highest BCUT2D eigenvalue weighted by Gasteiger charge is 2.30. The van der Waals surface area contributed by atoms with Crippen LogP contribution in [-0.2, 0) is 14.8 Å². The van der Waals surface area contributed by atoms with E-state index in [-0.39, 0.29) is 53.7 Å². The lowest BCUT2D eigenvalue weighted by atomic mass is 10.1. The maximum Gasteiger partial charge on any atom is 0.337 e. The summed E-state index contributed by atoms with van der Waals surface area (Å²) in [4.78, 5) is 27.5. The van der Waals surface area contributed by atoms with Gasteiger partial charge in [0.05, 0.1) is 35.7 Å². The number of ether oxygens (including phenoxy) is 1. The molecule has 33 heavy (non-hydrogen) atoms. The number of anilines is 2. The minimum absolute atomic E-state index is 0.00161. The molecule has 0 aliphatic carbocycles. The van der Waals surface area contributed by atoms with Crippen LogP contribution in [-0.4, -0.2) is 61.0 Å². The molecule has 1 aliphatic rings. The Morgan fingerprint density at radius 1 is 1.15 bits per heavy atom. The lowest BCUT2D eigenvalue weighted by molar-refractivity contribution is 0.0698. The van der Waals surface area contributed by atoms with Gasteiger partial charge in [-0.15, -0.1) is 0 Å². The Bertz CT molecular complexity index is 1370. The first-order chi connectivity index (χ1) is 15.7. The summed E-state index contributed by atoms with van der Waals surface area (Å²) in [6.07, 6.45) is 1.22. The lowest BCUT2D eigenvalue weighted by Gasteiger charge is -2.27. The number of carboxylic acid groups (broad SMARTS) is 1. The third-order valence-electron chi connectivity index (χ3n) is 5.18. The van der Waals surface area contributed by atoms with Gasteiger partial charge in [0.2, 0.25) is 15.9 Å². The number of hydrogen-bond donors (Lipinski definition) is 3. The van der Waals surface area contributed by atoms with Gasteiger partial charge in [-0.1, -0.05) is 11.6 Å². The number of pyridine rings is 1. The second kappa shape index (κ2) is 8.94. The summed E-state index contributed by atoms with van der Waals surface area (Å²) in [7, 11) is -4.01. The van der Waals surface area contributed by atoms with Crippen LogP contribution in [0.2, 0.25) is 5.02 Å². The molecule has 12 heteroatoms. The van der Waals surface area contributed by atoms with Crippen molar-refractivity contribution in [2.45, 2.75) is 4.90 Å². The summed E-state index contributed by atoms with van der Waals surface area (Å²) in [5.74, 6) is -2.12. The second-order valence-corrected chi connectivity index (χ2v) is 9.57. The maximum atomic E-state index is 13.5. The summed E-state index contributed by atoms with van der Waals surface area (Å²) < 4.78 is 33.5. The van der Waals surface area contributed by atoms with Crippen molar-refractivity contribution in [3.63, 3.8) is 0 Å². The Labute approximate surface area is 194 Å². The molecule has 1 fully saturated rings. The van der Waals surface area contributed by atoms with Gasteiger partial charge < -0.3 is 20.9 Å². The quantitative estimate of drug-likeness (QED) is 0.476. The van der Waals surface area contributed by atoms with Crippen LogP contribution < -0.4 is 11.1 Å². The molecule has 1 aliphatic heterocycles. The van der Waals surface area contributed by atoms with Gasteiger partial charge in [0.1, 0.15) is 4.90 Å². The Hall–Kier alpha value is -3.25. The number of morpholine rings is 1. The number of sulfonamides is 1. The van der Waals surface area contributed by atoms with E-state index in [0.717, 1.165) is 6.07 Å². The van der Waals surface area contributed by atoms with Crippen LogP contribution in [0.25, 0.3) is 10.9 Å². The fraction of sp³-hybridized carbons (Fsp3) is 0.190. The fourth-order valence-electron chi connectivity index (χ4n) is 3.52. The van der Waals surface area contributed by atoms with Crippen molar-refractivity contribution in [1.82, 2.24) is 9.29 Å². The van der Waals surface area contributed by atoms with E-state index in [1.54, 1.807) is 18.2 Å². The van der Waals surface area contributed by atoms with Crippen LogP contribution in [0.1, 0.15) is 20.7 Å². The molecule has 1 saturated heterocycles. The van der Waals surface area contributed by atoms with Gasteiger partial charge in [0.25, 0.3) is 0 Å². The zero-order valence-corrected chi connectivity index (χ0v) is 18.7.